The number of amides is 1. The minimum absolute atomic E-state index is 0.177. The Morgan fingerprint density at radius 2 is 1.88 bits per heavy atom. The lowest BCUT2D eigenvalue weighted by Crippen LogP contribution is -2.48. The fourth-order valence-electron chi connectivity index (χ4n) is 3.30. The van der Waals surface area contributed by atoms with Crippen molar-refractivity contribution in [3.63, 3.8) is 0 Å². The molecule has 0 N–H and O–H groups in total. The van der Waals surface area contributed by atoms with Crippen molar-refractivity contribution in [2.45, 2.75) is 33.4 Å². The van der Waals surface area contributed by atoms with Crippen molar-refractivity contribution in [2.24, 2.45) is 0 Å². The Morgan fingerprint density at radius 1 is 1.15 bits per heavy atom. The Balaban J connectivity index is 1.46. The molecule has 7 heteroatoms. The molecule has 2 aromatic rings. The summed E-state index contributed by atoms with van der Waals surface area (Å²) in [5.74, 6) is 0.177. The first-order valence-corrected chi connectivity index (χ1v) is 9.63. The second kappa shape index (κ2) is 8.42. The predicted octanol–water partition coefficient (Wildman–Crippen LogP) is 3.54. The molecule has 1 fully saturated rings. The molecule has 1 aromatic carbocycles. The summed E-state index contributed by atoms with van der Waals surface area (Å²) >= 11 is 12.2. The fourth-order valence-corrected chi connectivity index (χ4v) is 3.65. The number of rotatable bonds is 5. The van der Waals surface area contributed by atoms with Crippen LogP contribution in [0.1, 0.15) is 23.4 Å². The molecule has 0 radical (unpaired) electrons. The number of nitrogens with zero attached hydrogens (tertiary/aromatic N) is 4. The Labute approximate surface area is 164 Å². The van der Waals surface area contributed by atoms with Crippen molar-refractivity contribution in [2.75, 3.05) is 26.2 Å². The summed E-state index contributed by atoms with van der Waals surface area (Å²) < 4.78 is 1.82. The van der Waals surface area contributed by atoms with Gasteiger partial charge in [-0.1, -0.05) is 35.3 Å². The van der Waals surface area contributed by atoms with E-state index in [4.69, 9.17) is 23.2 Å². The van der Waals surface area contributed by atoms with Gasteiger partial charge < -0.3 is 4.90 Å². The summed E-state index contributed by atoms with van der Waals surface area (Å²) in [6.45, 7) is 8.53. The first-order valence-electron chi connectivity index (χ1n) is 8.88. The van der Waals surface area contributed by atoms with Crippen LogP contribution < -0.4 is 0 Å². The Morgan fingerprint density at radius 3 is 2.50 bits per heavy atom. The maximum atomic E-state index is 12.5. The first-order chi connectivity index (χ1) is 12.4. The molecule has 0 saturated carbocycles. The number of carbonyl (C=O) groups excluding carboxylic acids is 1. The summed E-state index contributed by atoms with van der Waals surface area (Å²) in [7, 11) is 0. The van der Waals surface area contributed by atoms with Crippen LogP contribution in [0.15, 0.2) is 24.3 Å². The monoisotopic (exact) mass is 394 g/mol. The molecule has 1 saturated heterocycles. The topological polar surface area (TPSA) is 41.4 Å². The van der Waals surface area contributed by atoms with Gasteiger partial charge in [-0.3, -0.25) is 14.4 Å². The number of hydrogen-bond donors (Lipinski definition) is 0. The van der Waals surface area contributed by atoms with E-state index in [0.717, 1.165) is 49.1 Å². The van der Waals surface area contributed by atoms with Gasteiger partial charge >= 0.3 is 0 Å². The van der Waals surface area contributed by atoms with Crippen LogP contribution in [0, 0.1) is 13.8 Å². The molecule has 2 heterocycles. The van der Waals surface area contributed by atoms with E-state index >= 15 is 0 Å². The number of halogens is 2. The lowest BCUT2D eigenvalue weighted by atomic mass is 10.2. The van der Waals surface area contributed by atoms with Crippen LogP contribution >= 0.6 is 23.2 Å². The van der Waals surface area contributed by atoms with E-state index in [-0.39, 0.29) is 5.91 Å². The fraction of sp³-hybridized carbons (Fsp3) is 0.474. The summed E-state index contributed by atoms with van der Waals surface area (Å²) in [6, 6.07) is 7.95. The van der Waals surface area contributed by atoms with E-state index in [1.807, 2.05) is 41.6 Å². The standard InChI is InChI=1S/C19H24Cl2N4O/c1-14-19(21)15(2)25(22-14)7-6-18(26)24-10-8-23(9-11-24)13-16-4-3-5-17(20)12-16/h3-5,12H,6-11,13H2,1-2H3. The van der Waals surface area contributed by atoms with Gasteiger partial charge in [-0.2, -0.15) is 5.10 Å². The van der Waals surface area contributed by atoms with Gasteiger partial charge in [0.05, 0.1) is 23.0 Å². The Bertz CT molecular complexity index is 782. The van der Waals surface area contributed by atoms with Gasteiger partial charge in [0.25, 0.3) is 0 Å². The van der Waals surface area contributed by atoms with E-state index in [1.54, 1.807) is 0 Å². The highest BCUT2D eigenvalue weighted by molar-refractivity contribution is 6.31. The van der Waals surface area contributed by atoms with E-state index in [2.05, 4.69) is 16.1 Å². The van der Waals surface area contributed by atoms with Crippen molar-refractivity contribution < 1.29 is 4.79 Å². The van der Waals surface area contributed by atoms with E-state index < -0.39 is 0 Å². The van der Waals surface area contributed by atoms with Crippen LogP contribution in [0.2, 0.25) is 10.0 Å². The molecule has 1 aliphatic rings. The third kappa shape index (κ3) is 4.58. The van der Waals surface area contributed by atoms with Crippen molar-refractivity contribution in [1.82, 2.24) is 19.6 Å². The third-order valence-corrected chi connectivity index (χ3v) is 5.63. The Hall–Kier alpha value is -1.56. The molecule has 3 rings (SSSR count). The molecule has 0 bridgehead atoms. The third-order valence-electron chi connectivity index (χ3n) is 4.85. The summed E-state index contributed by atoms with van der Waals surface area (Å²) in [4.78, 5) is 16.8. The lowest BCUT2D eigenvalue weighted by molar-refractivity contribution is -0.133. The maximum absolute atomic E-state index is 12.5. The van der Waals surface area contributed by atoms with Crippen molar-refractivity contribution in [3.05, 3.63) is 51.3 Å². The number of hydrogen-bond acceptors (Lipinski definition) is 3. The van der Waals surface area contributed by atoms with E-state index in [9.17, 15) is 4.79 Å². The van der Waals surface area contributed by atoms with Gasteiger partial charge in [0.2, 0.25) is 5.91 Å². The lowest BCUT2D eigenvalue weighted by Gasteiger charge is -2.34. The average molecular weight is 395 g/mol. The van der Waals surface area contributed by atoms with Gasteiger partial charge in [0, 0.05) is 44.2 Å². The van der Waals surface area contributed by atoms with Gasteiger partial charge in [0.15, 0.2) is 0 Å². The summed E-state index contributed by atoms with van der Waals surface area (Å²) in [5.41, 5.74) is 2.94. The van der Waals surface area contributed by atoms with E-state index in [1.165, 1.54) is 5.56 Å². The van der Waals surface area contributed by atoms with E-state index in [0.29, 0.717) is 18.0 Å². The molecule has 1 aromatic heterocycles. The highest BCUT2D eigenvalue weighted by Crippen LogP contribution is 2.19. The quantitative estimate of drug-likeness (QED) is 0.778. The van der Waals surface area contributed by atoms with Crippen molar-refractivity contribution in [3.8, 4) is 0 Å². The van der Waals surface area contributed by atoms with Gasteiger partial charge in [0.1, 0.15) is 0 Å². The first kappa shape index (κ1) is 19.2. The molecule has 140 valence electrons. The van der Waals surface area contributed by atoms with Gasteiger partial charge in [-0.15, -0.1) is 0 Å². The zero-order valence-electron chi connectivity index (χ0n) is 15.2. The highest BCUT2D eigenvalue weighted by atomic mass is 35.5. The number of piperazine rings is 1. The molecular weight excluding hydrogens is 371 g/mol. The second-order valence-electron chi connectivity index (χ2n) is 6.74. The van der Waals surface area contributed by atoms with Crippen LogP contribution in [-0.2, 0) is 17.9 Å². The summed E-state index contributed by atoms with van der Waals surface area (Å²) in [6.07, 6.45) is 0.451. The molecule has 0 atom stereocenters. The van der Waals surface area contributed by atoms with Crippen LogP contribution in [0.4, 0.5) is 0 Å². The molecule has 0 spiro atoms. The molecule has 26 heavy (non-hydrogen) atoms. The average Bonchev–Trinajstić information content (AvgIpc) is 2.87. The summed E-state index contributed by atoms with van der Waals surface area (Å²) in [5, 5.41) is 5.84. The maximum Gasteiger partial charge on any atom is 0.224 e. The number of aromatic nitrogens is 2. The number of carbonyl (C=O) groups is 1. The van der Waals surface area contributed by atoms with Crippen LogP contribution in [-0.4, -0.2) is 51.7 Å². The van der Waals surface area contributed by atoms with Crippen molar-refractivity contribution in [1.29, 1.82) is 0 Å². The minimum atomic E-state index is 0.177. The zero-order valence-corrected chi connectivity index (χ0v) is 16.7. The Kier molecular flexibility index (Phi) is 6.22. The zero-order chi connectivity index (χ0) is 18.7. The second-order valence-corrected chi connectivity index (χ2v) is 7.56. The number of aryl methyl sites for hydroxylation is 2. The molecule has 1 aliphatic heterocycles. The van der Waals surface area contributed by atoms with Gasteiger partial charge in [-0.05, 0) is 31.5 Å². The predicted molar refractivity (Wildman–Crippen MR) is 105 cm³/mol. The highest BCUT2D eigenvalue weighted by Gasteiger charge is 2.21. The van der Waals surface area contributed by atoms with Crippen molar-refractivity contribution >= 4 is 29.1 Å². The number of benzene rings is 1. The molecule has 0 aliphatic carbocycles. The SMILES string of the molecule is Cc1nn(CCC(=O)N2CCN(Cc3cccc(Cl)c3)CC2)c(C)c1Cl. The smallest absolute Gasteiger partial charge is 0.224 e. The minimum Gasteiger partial charge on any atom is -0.340 e. The van der Waals surface area contributed by atoms with Crippen LogP contribution in [0.25, 0.3) is 0 Å². The molecular formula is C19H24Cl2N4O. The molecule has 5 nitrogen and oxygen atoms in total. The normalized spacial score (nSPS) is 15.5. The van der Waals surface area contributed by atoms with Crippen LogP contribution in [0.5, 0.6) is 0 Å². The molecule has 0 unspecified atom stereocenters. The van der Waals surface area contributed by atoms with Gasteiger partial charge in [-0.25, -0.2) is 0 Å². The van der Waals surface area contributed by atoms with Crippen LogP contribution in [0.3, 0.4) is 0 Å². The molecule has 1 amide bonds. The largest absolute Gasteiger partial charge is 0.340 e.